The van der Waals surface area contributed by atoms with E-state index in [4.69, 9.17) is 5.73 Å². The lowest BCUT2D eigenvalue weighted by Crippen LogP contribution is -2.24. The Morgan fingerprint density at radius 3 is 2.83 bits per heavy atom. The predicted molar refractivity (Wildman–Crippen MR) is 94.9 cm³/mol. The summed E-state index contributed by atoms with van der Waals surface area (Å²) in [5.74, 6) is -0.429. The van der Waals surface area contributed by atoms with E-state index in [0.29, 0.717) is 13.1 Å². The van der Waals surface area contributed by atoms with Gasteiger partial charge in [-0.3, -0.25) is 4.90 Å². The summed E-state index contributed by atoms with van der Waals surface area (Å²) in [6.07, 6.45) is 5.61. The molecule has 4 nitrogen and oxygen atoms in total. The fourth-order valence-electron chi connectivity index (χ4n) is 3.00. The van der Waals surface area contributed by atoms with Crippen molar-refractivity contribution in [2.75, 3.05) is 13.1 Å². The molecule has 24 heavy (non-hydrogen) atoms. The van der Waals surface area contributed by atoms with Gasteiger partial charge < -0.3 is 10.7 Å². The second kappa shape index (κ2) is 8.04. The van der Waals surface area contributed by atoms with Crippen molar-refractivity contribution in [3.63, 3.8) is 0 Å². The van der Waals surface area contributed by atoms with Crippen molar-refractivity contribution in [2.24, 2.45) is 5.73 Å². The molecule has 1 aromatic carbocycles. The van der Waals surface area contributed by atoms with Gasteiger partial charge >= 0.3 is 0 Å². The highest BCUT2D eigenvalue weighted by molar-refractivity contribution is 5.82. The van der Waals surface area contributed by atoms with Crippen LogP contribution in [-0.2, 0) is 13.1 Å². The Kier molecular flexibility index (Phi) is 5.56. The molecular weight excluding hydrogens is 303 g/mol. The van der Waals surface area contributed by atoms with Crippen LogP contribution < -0.4 is 5.73 Å². The zero-order chi connectivity index (χ0) is 16.8. The minimum absolute atomic E-state index is 0.429. The lowest BCUT2D eigenvalue weighted by molar-refractivity contribution is 0.252. The molecule has 0 saturated heterocycles. The highest BCUT2D eigenvalue weighted by atomic mass is 19.1. The number of nitrogens with zero attached hydrogens (tertiary/aromatic N) is 2. The Bertz CT molecular complexity index is 784. The average molecular weight is 326 g/mol. The van der Waals surface area contributed by atoms with E-state index in [1.54, 1.807) is 0 Å². The van der Waals surface area contributed by atoms with Crippen LogP contribution in [0.15, 0.2) is 48.8 Å². The number of para-hydroxylation sites is 1. The number of hydrogen-bond acceptors (Lipinski definition) is 3. The van der Waals surface area contributed by atoms with Crippen LogP contribution in [-0.4, -0.2) is 28.0 Å². The van der Waals surface area contributed by atoms with Gasteiger partial charge in [0, 0.05) is 36.4 Å². The average Bonchev–Trinajstić information content (AvgIpc) is 2.98. The summed E-state index contributed by atoms with van der Waals surface area (Å²) in [7, 11) is 0. The van der Waals surface area contributed by atoms with Crippen molar-refractivity contribution in [2.45, 2.75) is 25.9 Å². The topological polar surface area (TPSA) is 57.9 Å². The standard InChI is InChI=1S/C19H23FN4/c20-19-11-15(7-9-22-19)13-24(10-4-3-8-21)14-16-12-23-18-6-2-1-5-17(16)18/h1-2,5-7,9,11-12,23H,3-4,8,10,13-14,21H2. The van der Waals surface area contributed by atoms with Crippen LogP contribution in [0.1, 0.15) is 24.0 Å². The van der Waals surface area contributed by atoms with Gasteiger partial charge in [-0.25, -0.2) is 4.98 Å². The number of aromatic nitrogens is 2. The van der Waals surface area contributed by atoms with E-state index >= 15 is 0 Å². The number of rotatable bonds is 8. The van der Waals surface area contributed by atoms with Gasteiger partial charge in [-0.15, -0.1) is 0 Å². The van der Waals surface area contributed by atoms with E-state index in [1.807, 2.05) is 12.1 Å². The number of hydrogen-bond donors (Lipinski definition) is 2. The molecule has 0 fully saturated rings. The molecule has 0 unspecified atom stereocenters. The van der Waals surface area contributed by atoms with E-state index in [0.717, 1.165) is 37.0 Å². The highest BCUT2D eigenvalue weighted by Crippen LogP contribution is 2.20. The third-order valence-corrected chi connectivity index (χ3v) is 4.19. The molecule has 0 radical (unpaired) electrons. The number of pyridine rings is 1. The highest BCUT2D eigenvalue weighted by Gasteiger charge is 2.11. The molecule has 0 bridgehead atoms. The molecule has 3 N–H and O–H groups in total. The van der Waals surface area contributed by atoms with E-state index in [2.05, 4.69) is 39.3 Å². The maximum atomic E-state index is 13.4. The Hall–Kier alpha value is -2.24. The number of aromatic amines is 1. The monoisotopic (exact) mass is 326 g/mol. The molecular formula is C19H23FN4. The molecule has 0 atom stereocenters. The number of nitrogens with one attached hydrogen (secondary N) is 1. The molecule has 0 saturated carbocycles. The smallest absolute Gasteiger partial charge is 0.213 e. The van der Waals surface area contributed by atoms with Crippen LogP contribution in [0.5, 0.6) is 0 Å². The van der Waals surface area contributed by atoms with Crippen LogP contribution in [0.25, 0.3) is 10.9 Å². The summed E-state index contributed by atoms with van der Waals surface area (Å²) in [5, 5.41) is 1.24. The summed E-state index contributed by atoms with van der Waals surface area (Å²) in [6.45, 7) is 3.15. The molecule has 0 spiro atoms. The quantitative estimate of drug-likeness (QED) is 0.492. The van der Waals surface area contributed by atoms with E-state index in [-0.39, 0.29) is 0 Å². The van der Waals surface area contributed by atoms with Crippen molar-refractivity contribution < 1.29 is 4.39 Å². The van der Waals surface area contributed by atoms with Gasteiger partial charge in [0.1, 0.15) is 0 Å². The van der Waals surface area contributed by atoms with Gasteiger partial charge in [-0.2, -0.15) is 4.39 Å². The summed E-state index contributed by atoms with van der Waals surface area (Å²) in [5.41, 5.74) is 8.96. The van der Waals surface area contributed by atoms with E-state index in [9.17, 15) is 4.39 Å². The summed E-state index contributed by atoms with van der Waals surface area (Å²) in [4.78, 5) is 9.28. The fourth-order valence-corrected chi connectivity index (χ4v) is 3.00. The molecule has 3 rings (SSSR count). The van der Waals surface area contributed by atoms with Gasteiger partial charge in [-0.05, 0) is 55.3 Å². The number of unbranched alkanes of at least 4 members (excludes halogenated alkanes) is 1. The zero-order valence-corrected chi connectivity index (χ0v) is 13.7. The van der Waals surface area contributed by atoms with Crippen molar-refractivity contribution in [3.8, 4) is 0 Å². The van der Waals surface area contributed by atoms with Gasteiger partial charge in [0.05, 0.1) is 0 Å². The second-order valence-corrected chi connectivity index (χ2v) is 6.05. The van der Waals surface area contributed by atoms with E-state index < -0.39 is 5.95 Å². The third-order valence-electron chi connectivity index (χ3n) is 4.19. The minimum Gasteiger partial charge on any atom is -0.361 e. The molecule has 126 valence electrons. The molecule has 2 aromatic heterocycles. The summed E-state index contributed by atoms with van der Waals surface area (Å²) >= 11 is 0. The molecule has 0 aliphatic rings. The van der Waals surface area contributed by atoms with Crippen LogP contribution >= 0.6 is 0 Å². The largest absolute Gasteiger partial charge is 0.361 e. The van der Waals surface area contributed by atoms with Crippen molar-refractivity contribution in [1.82, 2.24) is 14.9 Å². The Balaban J connectivity index is 1.76. The first kappa shape index (κ1) is 16.6. The van der Waals surface area contributed by atoms with Gasteiger partial charge in [0.25, 0.3) is 0 Å². The fraction of sp³-hybridized carbons (Fsp3) is 0.316. The normalized spacial score (nSPS) is 11.5. The Morgan fingerprint density at radius 1 is 1.12 bits per heavy atom. The van der Waals surface area contributed by atoms with Crippen LogP contribution in [0.2, 0.25) is 0 Å². The second-order valence-electron chi connectivity index (χ2n) is 6.05. The number of nitrogens with two attached hydrogens (primary N) is 1. The molecule has 0 amide bonds. The number of halogens is 1. The molecule has 5 heteroatoms. The minimum atomic E-state index is -0.429. The third kappa shape index (κ3) is 4.19. The van der Waals surface area contributed by atoms with Crippen LogP contribution in [0, 0.1) is 5.95 Å². The SMILES string of the molecule is NCCCCN(Cc1ccnc(F)c1)Cc1c[nH]c2ccccc12. The lowest BCUT2D eigenvalue weighted by Gasteiger charge is -2.22. The number of fused-ring (bicyclic) bond motifs is 1. The van der Waals surface area contributed by atoms with E-state index in [1.165, 1.54) is 23.2 Å². The number of H-pyrrole nitrogens is 1. The number of benzene rings is 1. The summed E-state index contributed by atoms with van der Waals surface area (Å²) < 4.78 is 13.4. The first-order valence-electron chi connectivity index (χ1n) is 8.34. The van der Waals surface area contributed by atoms with Crippen LogP contribution in [0.3, 0.4) is 0 Å². The van der Waals surface area contributed by atoms with Gasteiger partial charge in [0.15, 0.2) is 0 Å². The van der Waals surface area contributed by atoms with Gasteiger partial charge in [-0.1, -0.05) is 18.2 Å². The zero-order valence-electron chi connectivity index (χ0n) is 13.7. The first-order chi connectivity index (χ1) is 11.8. The lowest BCUT2D eigenvalue weighted by atomic mass is 10.1. The van der Waals surface area contributed by atoms with Crippen molar-refractivity contribution >= 4 is 10.9 Å². The summed E-state index contributed by atoms with van der Waals surface area (Å²) in [6, 6.07) is 11.7. The Labute approximate surface area is 141 Å². The van der Waals surface area contributed by atoms with Gasteiger partial charge in [0.2, 0.25) is 5.95 Å². The molecule has 0 aliphatic heterocycles. The van der Waals surface area contributed by atoms with Crippen LogP contribution in [0.4, 0.5) is 4.39 Å². The maximum Gasteiger partial charge on any atom is 0.213 e. The van der Waals surface area contributed by atoms with Crippen molar-refractivity contribution in [1.29, 1.82) is 0 Å². The molecule has 0 aliphatic carbocycles. The molecule has 2 heterocycles. The van der Waals surface area contributed by atoms with Crippen molar-refractivity contribution in [3.05, 3.63) is 65.9 Å². The maximum absolute atomic E-state index is 13.4. The predicted octanol–water partition coefficient (Wildman–Crippen LogP) is 3.44. The first-order valence-corrected chi connectivity index (χ1v) is 8.34. The molecule has 3 aromatic rings. The Morgan fingerprint density at radius 2 is 2.00 bits per heavy atom.